The molecule has 1 rings (SSSR count). The zero-order chi connectivity index (χ0) is 13.1. The minimum atomic E-state index is -0.281. The summed E-state index contributed by atoms with van der Waals surface area (Å²) in [5.74, 6) is 0.821. The van der Waals surface area contributed by atoms with E-state index in [0.29, 0.717) is 11.4 Å². The minimum absolute atomic E-state index is 0.110. The van der Waals surface area contributed by atoms with Crippen LogP contribution in [0.3, 0.4) is 0 Å². The molecule has 17 heavy (non-hydrogen) atoms. The van der Waals surface area contributed by atoms with E-state index in [-0.39, 0.29) is 16.6 Å². The number of nitrogens with zero attached hydrogens (tertiary/aromatic N) is 1. The van der Waals surface area contributed by atoms with Gasteiger partial charge in [0, 0.05) is 23.6 Å². The van der Waals surface area contributed by atoms with Gasteiger partial charge in [-0.3, -0.25) is 4.79 Å². The molecule has 0 radical (unpaired) electrons. The van der Waals surface area contributed by atoms with Crippen molar-refractivity contribution >= 4 is 34.9 Å². The maximum absolute atomic E-state index is 12.3. The largest absolute Gasteiger partial charge is 0.393 e. The van der Waals surface area contributed by atoms with Crippen LogP contribution in [0.4, 0.5) is 0 Å². The Bertz CT molecular complexity index is 305. The quantitative estimate of drug-likeness (QED) is 0.800. The molecule has 0 aromatic rings. The molecule has 3 nitrogen and oxygen atoms in total. The van der Waals surface area contributed by atoms with E-state index in [1.165, 1.54) is 0 Å². The Morgan fingerprint density at radius 1 is 1.53 bits per heavy atom. The van der Waals surface area contributed by atoms with Crippen molar-refractivity contribution in [2.24, 2.45) is 11.7 Å². The lowest BCUT2D eigenvalue weighted by molar-refractivity contribution is -0.133. The summed E-state index contributed by atoms with van der Waals surface area (Å²) in [6.45, 7) is 8.05. The van der Waals surface area contributed by atoms with E-state index in [1.54, 1.807) is 0 Å². The van der Waals surface area contributed by atoms with Crippen LogP contribution in [-0.4, -0.2) is 39.4 Å². The molecule has 1 atom stereocenters. The Morgan fingerprint density at radius 3 is 2.71 bits per heavy atom. The predicted octanol–water partition coefficient (Wildman–Crippen LogP) is 2.04. The molecular formula is C12H22N2OS2. The van der Waals surface area contributed by atoms with E-state index < -0.39 is 0 Å². The number of carbonyl (C=O) groups excluding carboxylic acids is 1. The van der Waals surface area contributed by atoms with Crippen molar-refractivity contribution in [3.05, 3.63) is 0 Å². The number of carbonyl (C=O) groups is 1. The Labute approximate surface area is 113 Å². The van der Waals surface area contributed by atoms with E-state index in [4.69, 9.17) is 18.0 Å². The van der Waals surface area contributed by atoms with Crippen LogP contribution in [-0.2, 0) is 4.79 Å². The second-order valence-electron chi connectivity index (χ2n) is 5.05. The molecule has 1 amide bonds. The third-order valence-corrected chi connectivity index (χ3v) is 4.86. The van der Waals surface area contributed by atoms with Gasteiger partial charge in [-0.25, -0.2) is 0 Å². The molecule has 0 spiro atoms. The summed E-state index contributed by atoms with van der Waals surface area (Å²) in [7, 11) is 0. The first-order valence-corrected chi connectivity index (χ1v) is 7.49. The number of amides is 1. The first-order valence-electron chi connectivity index (χ1n) is 6.09. The van der Waals surface area contributed by atoms with Crippen LogP contribution in [0.1, 0.15) is 33.6 Å². The average molecular weight is 274 g/mol. The fourth-order valence-electron chi connectivity index (χ4n) is 1.96. The lowest BCUT2D eigenvalue weighted by Gasteiger charge is -2.25. The van der Waals surface area contributed by atoms with Crippen LogP contribution < -0.4 is 5.73 Å². The van der Waals surface area contributed by atoms with Crippen LogP contribution in [0.5, 0.6) is 0 Å². The Kier molecular flexibility index (Phi) is 5.25. The molecule has 1 aliphatic heterocycles. The summed E-state index contributed by atoms with van der Waals surface area (Å²) < 4.78 is 0.264. The van der Waals surface area contributed by atoms with Crippen molar-refractivity contribution in [2.75, 3.05) is 18.8 Å². The van der Waals surface area contributed by atoms with Crippen LogP contribution in [0.25, 0.3) is 0 Å². The number of thioether (sulfide) groups is 1. The van der Waals surface area contributed by atoms with Crippen LogP contribution >= 0.6 is 24.0 Å². The van der Waals surface area contributed by atoms with Crippen LogP contribution in [0.2, 0.25) is 0 Å². The number of rotatable bonds is 3. The second kappa shape index (κ2) is 6.05. The molecule has 0 bridgehead atoms. The van der Waals surface area contributed by atoms with Gasteiger partial charge < -0.3 is 10.6 Å². The van der Waals surface area contributed by atoms with E-state index in [1.807, 2.05) is 23.6 Å². The fraction of sp³-hybridized carbons (Fsp3) is 0.833. The van der Waals surface area contributed by atoms with Crippen LogP contribution in [0, 0.1) is 5.92 Å². The summed E-state index contributed by atoms with van der Waals surface area (Å²) >= 11 is 6.90. The minimum Gasteiger partial charge on any atom is -0.393 e. The summed E-state index contributed by atoms with van der Waals surface area (Å²) in [6.07, 6.45) is 1.72. The molecule has 98 valence electrons. The van der Waals surface area contributed by atoms with Crippen molar-refractivity contribution < 1.29 is 4.79 Å². The summed E-state index contributed by atoms with van der Waals surface area (Å²) in [5, 5.41) is 0. The molecule has 1 saturated heterocycles. The molecule has 1 unspecified atom stereocenters. The number of hydrogen-bond acceptors (Lipinski definition) is 3. The maximum Gasteiger partial charge on any atom is 0.232 e. The predicted molar refractivity (Wildman–Crippen MR) is 78.3 cm³/mol. The highest BCUT2D eigenvalue weighted by Gasteiger charge is 2.29. The molecule has 0 aromatic heterocycles. The Balaban J connectivity index is 2.66. The third kappa shape index (κ3) is 4.14. The van der Waals surface area contributed by atoms with Gasteiger partial charge in [-0.15, -0.1) is 0 Å². The van der Waals surface area contributed by atoms with Gasteiger partial charge in [0.2, 0.25) is 5.91 Å². The van der Waals surface area contributed by atoms with Gasteiger partial charge in [0.25, 0.3) is 0 Å². The highest BCUT2D eigenvalue weighted by Crippen LogP contribution is 2.31. The third-order valence-electron chi connectivity index (χ3n) is 3.20. The average Bonchev–Trinajstić information content (AvgIpc) is 2.39. The number of thiocarbonyl (C=S) groups is 1. The van der Waals surface area contributed by atoms with Crippen molar-refractivity contribution in [3.63, 3.8) is 0 Å². The van der Waals surface area contributed by atoms with Gasteiger partial charge in [0.15, 0.2) is 0 Å². The molecule has 0 saturated carbocycles. The van der Waals surface area contributed by atoms with E-state index in [0.717, 1.165) is 25.3 Å². The van der Waals surface area contributed by atoms with Crippen molar-refractivity contribution in [1.29, 1.82) is 0 Å². The molecule has 0 aromatic carbocycles. The van der Waals surface area contributed by atoms with Gasteiger partial charge in [0.1, 0.15) is 0 Å². The van der Waals surface area contributed by atoms with E-state index in [9.17, 15) is 4.79 Å². The number of nitrogens with two attached hydrogens (primary N) is 1. The topological polar surface area (TPSA) is 46.3 Å². The lowest BCUT2D eigenvalue weighted by Crippen LogP contribution is -2.42. The first-order chi connectivity index (χ1) is 7.87. The highest BCUT2D eigenvalue weighted by molar-refractivity contribution is 8.00. The van der Waals surface area contributed by atoms with Crippen LogP contribution in [0.15, 0.2) is 0 Å². The van der Waals surface area contributed by atoms with Crippen molar-refractivity contribution in [1.82, 2.24) is 4.90 Å². The Hall–Kier alpha value is -0.290. The van der Waals surface area contributed by atoms with Gasteiger partial charge in [-0.2, -0.15) is 11.8 Å². The van der Waals surface area contributed by atoms with Crippen molar-refractivity contribution in [3.8, 4) is 0 Å². The number of hydrogen-bond donors (Lipinski definition) is 1. The molecule has 0 aliphatic carbocycles. The van der Waals surface area contributed by atoms with Gasteiger partial charge in [0.05, 0.1) is 10.9 Å². The first kappa shape index (κ1) is 14.8. The fourth-order valence-corrected chi connectivity index (χ4v) is 3.33. The van der Waals surface area contributed by atoms with Crippen molar-refractivity contribution in [2.45, 2.75) is 38.4 Å². The Morgan fingerprint density at radius 2 is 2.18 bits per heavy atom. The monoisotopic (exact) mass is 274 g/mol. The smallest absolute Gasteiger partial charge is 0.232 e. The normalized spacial score (nSPS) is 21.7. The second-order valence-corrected chi connectivity index (χ2v) is 7.32. The molecule has 1 aliphatic rings. The summed E-state index contributed by atoms with van der Waals surface area (Å²) in [4.78, 5) is 14.5. The summed E-state index contributed by atoms with van der Waals surface area (Å²) in [5.41, 5.74) is 5.63. The zero-order valence-corrected chi connectivity index (χ0v) is 12.5. The summed E-state index contributed by atoms with van der Waals surface area (Å²) in [6, 6.07) is 0. The van der Waals surface area contributed by atoms with E-state index >= 15 is 0 Å². The SMILES string of the molecule is CCC(C(=O)N1CCSC(C)(C)CC1)C(N)=S. The van der Waals surface area contributed by atoms with Gasteiger partial charge in [-0.05, 0) is 12.8 Å². The maximum atomic E-state index is 12.3. The van der Waals surface area contributed by atoms with Gasteiger partial charge in [-0.1, -0.05) is 33.0 Å². The standard InChI is InChI=1S/C12H22N2OS2/c1-4-9(10(13)16)11(15)14-6-5-12(2,3)17-8-7-14/h9H,4-8H2,1-3H3,(H2,13,16). The molecule has 1 heterocycles. The molecule has 2 N–H and O–H groups in total. The molecular weight excluding hydrogens is 252 g/mol. The molecule has 1 fully saturated rings. The van der Waals surface area contributed by atoms with Gasteiger partial charge >= 0.3 is 0 Å². The lowest BCUT2D eigenvalue weighted by atomic mass is 10.0. The molecule has 5 heteroatoms. The highest BCUT2D eigenvalue weighted by atomic mass is 32.2. The zero-order valence-electron chi connectivity index (χ0n) is 10.9. The van der Waals surface area contributed by atoms with E-state index in [2.05, 4.69) is 13.8 Å².